The summed E-state index contributed by atoms with van der Waals surface area (Å²) in [5.74, 6) is 3.12. The molecule has 4 rings (SSSR count). The van der Waals surface area contributed by atoms with Crippen molar-refractivity contribution in [2.75, 3.05) is 0 Å². The largest absolute Gasteiger partial charge is 0.397 e. The Kier molecular flexibility index (Phi) is 4.80. The van der Waals surface area contributed by atoms with E-state index in [0.29, 0.717) is 35.9 Å². The van der Waals surface area contributed by atoms with Gasteiger partial charge in [-0.3, -0.25) is 9.35 Å². The first kappa shape index (κ1) is 19.8. The fourth-order valence-electron chi connectivity index (χ4n) is 8.15. The van der Waals surface area contributed by atoms with Crippen LogP contribution in [0.4, 0.5) is 0 Å². The maximum Gasteiger partial charge on any atom is 0.397 e. The van der Waals surface area contributed by atoms with Crippen LogP contribution in [-0.2, 0) is 19.4 Å². The molecule has 27 heavy (non-hydrogen) atoms. The van der Waals surface area contributed by atoms with Crippen LogP contribution in [0.5, 0.6) is 0 Å². The molecular weight excluding hydrogens is 364 g/mol. The van der Waals surface area contributed by atoms with Crippen LogP contribution in [0.3, 0.4) is 0 Å². The summed E-state index contributed by atoms with van der Waals surface area (Å²) in [6.07, 6.45) is 8.92. The number of hydrogen-bond acceptors (Lipinski definition) is 4. The summed E-state index contributed by atoms with van der Waals surface area (Å²) in [6, 6.07) is 0. The molecule has 4 aliphatic rings. The van der Waals surface area contributed by atoms with Gasteiger partial charge in [0.25, 0.3) is 0 Å². The van der Waals surface area contributed by atoms with Crippen molar-refractivity contribution in [2.24, 2.45) is 40.4 Å². The Morgan fingerprint density at radius 3 is 2.30 bits per heavy atom. The van der Waals surface area contributed by atoms with Gasteiger partial charge in [-0.25, -0.2) is 4.18 Å². The topological polar surface area (TPSA) is 80.7 Å². The fraction of sp³-hybridized carbons (Fsp3) is 0.952. The molecule has 0 heterocycles. The van der Waals surface area contributed by atoms with Crippen molar-refractivity contribution in [1.82, 2.24) is 0 Å². The van der Waals surface area contributed by atoms with Gasteiger partial charge in [0.15, 0.2) is 0 Å². The van der Waals surface area contributed by atoms with Crippen LogP contribution in [0.25, 0.3) is 0 Å². The highest BCUT2D eigenvalue weighted by atomic mass is 32.3. The van der Waals surface area contributed by atoms with E-state index in [-0.39, 0.29) is 22.9 Å². The van der Waals surface area contributed by atoms with E-state index in [2.05, 4.69) is 13.8 Å². The van der Waals surface area contributed by atoms with Crippen molar-refractivity contribution in [2.45, 2.75) is 84.7 Å². The quantitative estimate of drug-likeness (QED) is 0.712. The van der Waals surface area contributed by atoms with Crippen molar-refractivity contribution in [3.8, 4) is 0 Å². The highest BCUT2D eigenvalue weighted by molar-refractivity contribution is 7.80. The summed E-state index contributed by atoms with van der Waals surface area (Å²) in [5.41, 5.74) is 0.416. The molecule has 0 spiro atoms. The lowest BCUT2D eigenvalue weighted by Crippen LogP contribution is -2.54. The van der Waals surface area contributed by atoms with Crippen molar-refractivity contribution in [1.29, 1.82) is 0 Å². The Labute approximate surface area is 163 Å². The smallest absolute Gasteiger partial charge is 0.300 e. The molecule has 5 nitrogen and oxygen atoms in total. The van der Waals surface area contributed by atoms with Gasteiger partial charge in [0, 0.05) is 5.92 Å². The average molecular weight is 399 g/mol. The molecule has 0 bridgehead atoms. The van der Waals surface area contributed by atoms with Crippen LogP contribution < -0.4 is 0 Å². The van der Waals surface area contributed by atoms with Crippen molar-refractivity contribution in [3.63, 3.8) is 0 Å². The number of carbonyl (C=O) groups excluding carboxylic acids is 1. The highest BCUT2D eigenvalue weighted by Crippen LogP contribution is 2.67. The summed E-state index contributed by atoms with van der Waals surface area (Å²) in [7, 11) is -4.37. The van der Waals surface area contributed by atoms with Crippen LogP contribution in [0, 0.1) is 40.4 Å². The Hall–Kier alpha value is -0.460. The molecule has 3 unspecified atom stereocenters. The summed E-state index contributed by atoms with van der Waals surface area (Å²) in [5, 5.41) is 0. The van der Waals surface area contributed by atoms with Gasteiger partial charge in [0.2, 0.25) is 0 Å². The van der Waals surface area contributed by atoms with E-state index in [4.69, 9.17) is 8.74 Å². The molecule has 8 atom stereocenters. The minimum Gasteiger partial charge on any atom is -0.300 e. The number of rotatable bonds is 3. The first-order chi connectivity index (χ1) is 12.5. The Morgan fingerprint density at radius 2 is 1.63 bits per heavy atom. The molecule has 1 N–H and O–H groups in total. The SMILES string of the molecule is CC(=O)[C@H]1CCC2C3CC[C@@H]4C[C@H](OS(=O)(=O)O)CC[C@]4(C)C3CC[C@@]21C. The molecule has 4 aliphatic carbocycles. The minimum atomic E-state index is -4.37. The lowest BCUT2D eigenvalue weighted by molar-refractivity contribution is -0.137. The zero-order valence-corrected chi connectivity index (χ0v) is 17.6. The standard InChI is InChI=1S/C21H34O5S/c1-13(22)17-6-7-18-16-5-4-14-12-15(26-27(23,24)25)8-10-20(14,2)19(16)9-11-21(17,18)3/h14-19H,4-12H2,1-3H3,(H,23,24,25)/t14-,15-,16?,17-,18?,19?,20+,21-/m1/s1. The molecule has 154 valence electrons. The first-order valence-corrected chi connectivity index (χ1v) is 12.1. The van der Waals surface area contributed by atoms with E-state index in [1.54, 1.807) is 6.92 Å². The maximum atomic E-state index is 12.2. The minimum absolute atomic E-state index is 0.182. The average Bonchev–Trinajstić information content (AvgIpc) is 2.91. The zero-order valence-electron chi connectivity index (χ0n) is 16.8. The Morgan fingerprint density at radius 1 is 0.963 bits per heavy atom. The van der Waals surface area contributed by atoms with Crippen molar-refractivity contribution in [3.05, 3.63) is 0 Å². The molecule has 0 saturated heterocycles. The second kappa shape index (κ2) is 6.53. The third-order valence-corrected chi connectivity index (χ3v) is 9.88. The van der Waals surface area contributed by atoms with E-state index in [9.17, 15) is 13.2 Å². The van der Waals surface area contributed by atoms with Gasteiger partial charge >= 0.3 is 10.4 Å². The normalized spacial score (nSPS) is 49.8. The summed E-state index contributed by atoms with van der Waals surface area (Å²) in [4.78, 5) is 12.2. The third kappa shape index (κ3) is 3.20. The maximum absolute atomic E-state index is 12.2. The second-order valence-corrected chi connectivity index (χ2v) is 11.4. The van der Waals surface area contributed by atoms with E-state index >= 15 is 0 Å². The van der Waals surface area contributed by atoms with Gasteiger partial charge in [-0.05, 0) is 99.2 Å². The van der Waals surface area contributed by atoms with Crippen LogP contribution in [0.15, 0.2) is 0 Å². The lowest BCUT2D eigenvalue weighted by Gasteiger charge is -2.61. The van der Waals surface area contributed by atoms with Gasteiger partial charge < -0.3 is 0 Å². The molecule has 6 heteroatoms. The van der Waals surface area contributed by atoms with Gasteiger partial charge in [0.1, 0.15) is 5.78 Å². The van der Waals surface area contributed by atoms with Crippen molar-refractivity contribution >= 4 is 16.2 Å². The summed E-state index contributed by atoms with van der Waals surface area (Å²) >= 11 is 0. The number of ketones is 1. The monoisotopic (exact) mass is 398 g/mol. The van der Waals surface area contributed by atoms with Crippen LogP contribution in [-0.4, -0.2) is 24.9 Å². The molecule has 0 aliphatic heterocycles. The summed E-state index contributed by atoms with van der Waals surface area (Å²) in [6.45, 7) is 6.57. The van der Waals surface area contributed by atoms with E-state index < -0.39 is 10.4 Å². The van der Waals surface area contributed by atoms with Crippen LogP contribution in [0.1, 0.15) is 78.6 Å². The molecule has 0 aromatic heterocycles. The third-order valence-electron chi connectivity index (χ3n) is 9.37. The first-order valence-electron chi connectivity index (χ1n) is 10.7. The fourth-order valence-corrected chi connectivity index (χ4v) is 8.66. The van der Waals surface area contributed by atoms with Crippen LogP contribution in [0.2, 0.25) is 0 Å². The Balaban J connectivity index is 1.53. The number of fused-ring (bicyclic) bond motifs is 5. The van der Waals surface area contributed by atoms with Crippen LogP contribution >= 0.6 is 0 Å². The second-order valence-electron chi connectivity index (χ2n) is 10.4. The lowest BCUT2D eigenvalue weighted by atomic mass is 9.44. The predicted molar refractivity (Wildman–Crippen MR) is 102 cm³/mol. The van der Waals surface area contributed by atoms with Gasteiger partial charge in [-0.15, -0.1) is 0 Å². The van der Waals surface area contributed by atoms with E-state index in [0.717, 1.165) is 32.1 Å². The van der Waals surface area contributed by atoms with E-state index in [1.165, 1.54) is 19.3 Å². The molecule has 0 aromatic rings. The molecule has 4 fully saturated rings. The number of hydrogen-bond donors (Lipinski definition) is 1. The molecule has 0 aromatic carbocycles. The zero-order chi connectivity index (χ0) is 19.6. The molecule has 0 amide bonds. The Bertz CT molecular complexity index is 718. The summed E-state index contributed by atoms with van der Waals surface area (Å²) < 4.78 is 36.2. The number of carbonyl (C=O) groups is 1. The highest BCUT2D eigenvalue weighted by Gasteiger charge is 2.60. The molecular formula is C21H34O5S. The van der Waals surface area contributed by atoms with Gasteiger partial charge in [-0.1, -0.05) is 13.8 Å². The van der Waals surface area contributed by atoms with Gasteiger partial charge in [-0.2, -0.15) is 8.42 Å². The number of Topliss-reactive ketones (excluding diaryl/α,β-unsaturated/α-hetero) is 1. The van der Waals surface area contributed by atoms with Crippen molar-refractivity contribution < 1.29 is 21.9 Å². The molecule has 4 saturated carbocycles. The molecule has 0 radical (unpaired) electrons. The predicted octanol–water partition coefficient (Wildman–Crippen LogP) is 4.42. The van der Waals surface area contributed by atoms with Gasteiger partial charge in [0.05, 0.1) is 6.10 Å². The van der Waals surface area contributed by atoms with E-state index in [1.807, 2.05) is 0 Å².